The van der Waals surface area contributed by atoms with Gasteiger partial charge in [-0.25, -0.2) is 14.2 Å². The number of hydrogen-bond acceptors (Lipinski definition) is 4. The average molecular weight is 376 g/mol. The number of fused-ring (bicyclic) bond motifs is 1. The van der Waals surface area contributed by atoms with Crippen LogP contribution in [0.1, 0.15) is 54.4 Å². The minimum Gasteiger partial charge on any atom is -0.346 e. The summed E-state index contributed by atoms with van der Waals surface area (Å²) in [5.74, 6) is 1.30. The summed E-state index contributed by atoms with van der Waals surface area (Å²) in [6.45, 7) is 2.03. The van der Waals surface area contributed by atoms with Gasteiger partial charge < -0.3 is 5.32 Å². The second-order valence-electron chi connectivity index (χ2n) is 9.35. The number of amides is 1. The van der Waals surface area contributed by atoms with Crippen molar-refractivity contribution in [2.45, 2.75) is 56.5 Å². The molecule has 4 bridgehead atoms. The quantitative estimate of drug-likeness (QED) is 0.762. The molecule has 28 heavy (non-hydrogen) atoms. The first kappa shape index (κ1) is 16.3. The Morgan fingerprint density at radius 3 is 2.75 bits per heavy atom. The number of nitrogens with one attached hydrogen (secondary N) is 1. The highest BCUT2D eigenvalue weighted by Gasteiger charge is 2.59. The maximum Gasteiger partial charge on any atom is 0.255 e. The number of pyridine rings is 1. The van der Waals surface area contributed by atoms with Crippen LogP contribution < -0.4 is 5.32 Å². The van der Waals surface area contributed by atoms with Gasteiger partial charge in [0.05, 0.1) is 22.8 Å². The van der Waals surface area contributed by atoms with Crippen molar-refractivity contribution in [3.05, 3.63) is 48.3 Å². The molecule has 1 amide bonds. The van der Waals surface area contributed by atoms with Crippen molar-refractivity contribution in [2.75, 3.05) is 0 Å². The Kier molecular flexibility index (Phi) is 3.15. The molecule has 2 unspecified atom stereocenters. The molecule has 3 heterocycles. The van der Waals surface area contributed by atoms with Crippen molar-refractivity contribution in [1.29, 1.82) is 0 Å². The molecular formula is C21H24N6O. The highest BCUT2D eigenvalue weighted by molar-refractivity contribution is 6.01. The molecule has 4 aliphatic carbocycles. The summed E-state index contributed by atoms with van der Waals surface area (Å²) in [6, 6.07) is 4.01. The van der Waals surface area contributed by atoms with E-state index in [0.29, 0.717) is 17.4 Å². The van der Waals surface area contributed by atoms with Crippen LogP contribution in [0.4, 0.5) is 0 Å². The second-order valence-corrected chi connectivity index (χ2v) is 9.35. The zero-order valence-corrected chi connectivity index (χ0v) is 16.0. The molecule has 7 nitrogen and oxygen atoms in total. The highest BCUT2D eigenvalue weighted by atomic mass is 16.1. The summed E-state index contributed by atoms with van der Waals surface area (Å²) < 4.78 is 3.87. The van der Waals surface area contributed by atoms with E-state index in [4.69, 9.17) is 0 Å². The van der Waals surface area contributed by atoms with E-state index in [9.17, 15) is 4.79 Å². The molecule has 3 aromatic rings. The molecule has 7 heteroatoms. The lowest BCUT2D eigenvalue weighted by Crippen LogP contribution is -2.65. The van der Waals surface area contributed by atoms with Gasteiger partial charge in [-0.05, 0) is 68.9 Å². The van der Waals surface area contributed by atoms with Crippen LogP contribution in [0.3, 0.4) is 0 Å². The fourth-order valence-electron chi connectivity index (χ4n) is 6.65. The van der Waals surface area contributed by atoms with Crippen LogP contribution in [-0.4, -0.2) is 35.8 Å². The minimum atomic E-state index is -0.147. The smallest absolute Gasteiger partial charge is 0.255 e. The predicted octanol–water partition coefficient (Wildman–Crippen LogP) is 2.71. The second kappa shape index (κ2) is 5.43. The molecule has 4 fully saturated rings. The van der Waals surface area contributed by atoms with Crippen molar-refractivity contribution >= 4 is 11.4 Å². The van der Waals surface area contributed by atoms with E-state index in [2.05, 4.69) is 25.2 Å². The summed E-state index contributed by atoms with van der Waals surface area (Å²) >= 11 is 0. The summed E-state index contributed by atoms with van der Waals surface area (Å²) in [5.41, 5.74) is 2.50. The molecule has 0 saturated heterocycles. The highest BCUT2D eigenvalue weighted by Crippen LogP contribution is 2.60. The topological polar surface area (TPSA) is 77.1 Å². The van der Waals surface area contributed by atoms with Crippen LogP contribution in [0, 0.1) is 18.8 Å². The number of hydrogen-bond donors (Lipinski definition) is 1. The summed E-state index contributed by atoms with van der Waals surface area (Å²) in [4.78, 5) is 17.5. The number of rotatable bonds is 3. The zero-order valence-electron chi connectivity index (χ0n) is 16.0. The summed E-state index contributed by atoms with van der Waals surface area (Å²) in [5, 5.41) is 12.3. The first-order chi connectivity index (χ1) is 13.5. The third-order valence-electron chi connectivity index (χ3n) is 7.22. The van der Waals surface area contributed by atoms with E-state index in [0.717, 1.165) is 43.2 Å². The van der Waals surface area contributed by atoms with Crippen molar-refractivity contribution in [1.82, 2.24) is 29.7 Å². The number of aryl methyl sites for hydroxylation is 1. The Labute approximate surface area is 163 Å². The number of nitrogens with zero attached hydrogens (tertiary/aromatic N) is 5. The Bertz CT molecular complexity index is 1050. The molecule has 4 saturated carbocycles. The molecule has 0 aliphatic heterocycles. The van der Waals surface area contributed by atoms with Crippen LogP contribution in [0.5, 0.6) is 0 Å². The molecular weight excluding hydrogens is 352 g/mol. The van der Waals surface area contributed by atoms with Crippen LogP contribution >= 0.6 is 0 Å². The van der Waals surface area contributed by atoms with Gasteiger partial charge in [0.25, 0.3) is 5.91 Å². The SMILES string of the molecule is Cc1ccc2c(C(=O)NC34CC5CC(C3)CC(n3cncn3)(C5)C4)cnn2c1. The van der Waals surface area contributed by atoms with E-state index in [1.54, 1.807) is 17.0 Å². The molecule has 7 rings (SSSR count). The maximum atomic E-state index is 13.3. The number of aromatic nitrogens is 5. The summed E-state index contributed by atoms with van der Waals surface area (Å²) in [6.07, 6.45) is 13.8. The lowest BCUT2D eigenvalue weighted by Gasteiger charge is -2.61. The minimum absolute atomic E-state index is 0.00505. The lowest BCUT2D eigenvalue weighted by molar-refractivity contribution is -0.0744. The normalized spacial score (nSPS) is 33.5. The van der Waals surface area contributed by atoms with E-state index < -0.39 is 0 Å². The fraction of sp³-hybridized carbons (Fsp3) is 0.524. The first-order valence-corrected chi connectivity index (χ1v) is 10.2. The van der Waals surface area contributed by atoms with Gasteiger partial charge in [-0.15, -0.1) is 0 Å². The Balaban J connectivity index is 1.34. The monoisotopic (exact) mass is 376 g/mol. The molecule has 144 valence electrons. The number of carbonyl (C=O) groups excluding carboxylic acids is 1. The van der Waals surface area contributed by atoms with Crippen molar-refractivity contribution in [3.8, 4) is 0 Å². The Morgan fingerprint density at radius 1 is 1.18 bits per heavy atom. The molecule has 4 aliphatic rings. The number of carbonyl (C=O) groups is 1. The largest absolute Gasteiger partial charge is 0.346 e. The molecule has 0 spiro atoms. The van der Waals surface area contributed by atoms with E-state index >= 15 is 0 Å². The maximum absolute atomic E-state index is 13.3. The van der Waals surface area contributed by atoms with Crippen LogP contribution in [0.15, 0.2) is 37.2 Å². The van der Waals surface area contributed by atoms with Gasteiger partial charge in [-0.2, -0.15) is 10.2 Å². The third kappa shape index (κ3) is 2.28. The average Bonchev–Trinajstić information content (AvgIpc) is 3.30. The predicted molar refractivity (Wildman–Crippen MR) is 103 cm³/mol. The molecule has 3 aromatic heterocycles. The molecule has 2 atom stereocenters. The summed E-state index contributed by atoms with van der Waals surface area (Å²) in [7, 11) is 0. The molecule has 0 aromatic carbocycles. The van der Waals surface area contributed by atoms with Crippen LogP contribution in [0.25, 0.3) is 5.52 Å². The standard InChI is InChI=1S/C21H24N6O/c1-14-2-3-18-17(9-23-26(18)10-14)19(28)25-20-5-15-4-16(6-20)8-21(7-15,11-20)27-13-22-12-24-27/h2-3,9-10,12-13,15-16H,4-8,11H2,1H3,(H,25,28). The van der Waals surface area contributed by atoms with Gasteiger partial charge in [0.15, 0.2) is 0 Å². The van der Waals surface area contributed by atoms with Gasteiger partial charge in [0.2, 0.25) is 0 Å². The third-order valence-corrected chi connectivity index (χ3v) is 7.22. The van der Waals surface area contributed by atoms with Gasteiger partial charge in [0, 0.05) is 11.7 Å². The molecule has 0 radical (unpaired) electrons. The molecule has 1 N–H and O–H groups in total. The van der Waals surface area contributed by atoms with E-state index in [1.807, 2.05) is 31.6 Å². The Hall–Kier alpha value is -2.70. The zero-order chi connectivity index (χ0) is 18.9. The van der Waals surface area contributed by atoms with Crippen molar-refractivity contribution < 1.29 is 4.79 Å². The van der Waals surface area contributed by atoms with E-state index in [1.165, 1.54) is 6.42 Å². The van der Waals surface area contributed by atoms with Crippen molar-refractivity contribution in [3.63, 3.8) is 0 Å². The van der Waals surface area contributed by atoms with Gasteiger partial charge in [0.1, 0.15) is 12.7 Å². The lowest BCUT2D eigenvalue weighted by atomic mass is 9.50. The van der Waals surface area contributed by atoms with Crippen LogP contribution in [0.2, 0.25) is 0 Å². The Morgan fingerprint density at radius 2 is 2.00 bits per heavy atom. The first-order valence-electron chi connectivity index (χ1n) is 10.2. The van der Waals surface area contributed by atoms with Gasteiger partial charge >= 0.3 is 0 Å². The van der Waals surface area contributed by atoms with Crippen LogP contribution in [-0.2, 0) is 5.54 Å². The van der Waals surface area contributed by atoms with E-state index in [-0.39, 0.29) is 17.0 Å². The van der Waals surface area contributed by atoms with Crippen molar-refractivity contribution in [2.24, 2.45) is 11.8 Å². The van der Waals surface area contributed by atoms with Gasteiger partial charge in [-0.3, -0.25) is 4.79 Å². The fourth-order valence-corrected chi connectivity index (χ4v) is 6.65. The van der Waals surface area contributed by atoms with Gasteiger partial charge in [-0.1, -0.05) is 6.07 Å².